The van der Waals surface area contributed by atoms with Crippen LogP contribution in [0.3, 0.4) is 0 Å². The summed E-state index contributed by atoms with van der Waals surface area (Å²) in [7, 11) is -2.71. The van der Waals surface area contributed by atoms with Gasteiger partial charge in [0.1, 0.15) is 6.10 Å². The van der Waals surface area contributed by atoms with E-state index in [0.717, 1.165) is 5.56 Å². The quantitative estimate of drug-likeness (QED) is 0.328. The second kappa shape index (κ2) is 12.8. The Morgan fingerprint density at radius 2 is 1.27 bits per heavy atom. The van der Waals surface area contributed by atoms with Crippen LogP contribution in [0.1, 0.15) is 47.1 Å². The van der Waals surface area contributed by atoms with Gasteiger partial charge in [0.25, 0.3) is 8.32 Å². The van der Waals surface area contributed by atoms with Crippen LogP contribution in [-0.4, -0.2) is 38.0 Å². The van der Waals surface area contributed by atoms with Crippen LogP contribution in [0.15, 0.2) is 91.0 Å². The van der Waals surface area contributed by atoms with Crippen LogP contribution in [0, 0.1) is 11.8 Å². The Morgan fingerprint density at radius 1 is 0.811 bits per heavy atom. The predicted molar refractivity (Wildman–Crippen MR) is 154 cm³/mol. The first-order valence-corrected chi connectivity index (χ1v) is 15.1. The van der Waals surface area contributed by atoms with E-state index in [-0.39, 0.29) is 16.7 Å². The Morgan fingerprint density at radius 3 is 1.73 bits per heavy atom. The molecule has 0 bridgehead atoms. The average Bonchev–Trinajstić information content (AvgIpc) is 2.91. The molecule has 3 rings (SSSR count). The molecule has 0 aliphatic carbocycles. The molecule has 4 atom stereocenters. The minimum atomic E-state index is -2.71. The van der Waals surface area contributed by atoms with Gasteiger partial charge in [0.15, 0.2) is 5.78 Å². The minimum absolute atomic E-state index is 0.0965. The van der Waals surface area contributed by atoms with Crippen LogP contribution < -0.4 is 10.4 Å². The Hall–Kier alpha value is -2.57. The monoisotopic (exact) mass is 518 g/mol. The highest BCUT2D eigenvalue weighted by Gasteiger charge is 2.50. The normalized spacial score (nSPS) is 15.5. The maximum Gasteiger partial charge on any atom is 0.261 e. The zero-order chi connectivity index (χ0) is 27.1. The molecule has 0 saturated heterocycles. The maximum absolute atomic E-state index is 13.1. The van der Waals surface area contributed by atoms with E-state index >= 15 is 0 Å². The van der Waals surface area contributed by atoms with E-state index in [1.807, 2.05) is 49.4 Å². The fourth-order valence-corrected chi connectivity index (χ4v) is 9.69. The van der Waals surface area contributed by atoms with Crippen molar-refractivity contribution < 1.29 is 19.1 Å². The molecule has 37 heavy (non-hydrogen) atoms. The average molecular weight is 519 g/mol. The SMILES string of the molecule is C[C@H](OCc1ccccc1)C(=O)[C@@H](C)[C@H](O)[C@@H](C)CO[Si](c1ccccc1)(c1ccccc1)C(C)(C)C. The van der Waals surface area contributed by atoms with E-state index in [0.29, 0.717) is 13.2 Å². The highest BCUT2D eigenvalue weighted by atomic mass is 28.4. The molecule has 3 aromatic carbocycles. The van der Waals surface area contributed by atoms with Crippen LogP contribution >= 0.6 is 0 Å². The maximum atomic E-state index is 13.1. The summed E-state index contributed by atoms with van der Waals surface area (Å²) < 4.78 is 12.8. The summed E-state index contributed by atoms with van der Waals surface area (Å²) in [5.41, 5.74) is 1.02. The molecule has 0 heterocycles. The number of aliphatic hydroxyl groups excluding tert-OH is 1. The molecule has 5 heteroatoms. The zero-order valence-electron chi connectivity index (χ0n) is 23.1. The molecule has 0 saturated carbocycles. The molecule has 0 radical (unpaired) electrons. The van der Waals surface area contributed by atoms with E-state index in [1.165, 1.54) is 10.4 Å². The lowest BCUT2D eigenvalue weighted by molar-refractivity contribution is -0.138. The molecular weight excluding hydrogens is 476 g/mol. The molecular formula is C32H42O4Si. The third kappa shape index (κ3) is 6.85. The third-order valence-corrected chi connectivity index (χ3v) is 12.3. The first-order chi connectivity index (χ1) is 17.6. The van der Waals surface area contributed by atoms with E-state index in [4.69, 9.17) is 9.16 Å². The van der Waals surface area contributed by atoms with Crippen molar-refractivity contribution >= 4 is 24.5 Å². The third-order valence-electron chi connectivity index (χ3n) is 7.27. The van der Waals surface area contributed by atoms with E-state index < -0.39 is 26.4 Å². The zero-order valence-corrected chi connectivity index (χ0v) is 24.1. The van der Waals surface area contributed by atoms with Gasteiger partial charge in [-0.05, 0) is 27.9 Å². The second-order valence-electron chi connectivity index (χ2n) is 11.1. The van der Waals surface area contributed by atoms with Crippen LogP contribution in [0.4, 0.5) is 0 Å². The molecule has 0 unspecified atom stereocenters. The Kier molecular flexibility index (Phi) is 10.0. The molecule has 0 fully saturated rings. The van der Waals surface area contributed by atoms with Crippen molar-refractivity contribution in [2.75, 3.05) is 6.61 Å². The summed E-state index contributed by atoms with van der Waals surface area (Å²) in [6.45, 7) is 12.9. The molecule has 4 nitrogen and oxygen atoms in total. The topological polar surface area (TPSA) is 55.8 Å². The molecule has 0 aromatic heterocycles. The number of hydrogen-bond acceptors (Lipinski definition) is 4. The van der Waals surface area contributed by atoms with Crippen molar-refractivity contribution in [3.63, 3.8) is 0 Å². The summed E-state index contributed by atoms with van der Waals surface area (Å²) in [6, 6.07) is 30.7. The highest BCUT2D eigenvalue weighted by molar-refractivity contribution is 6.99. The number of Topliss-reactive ketones (excluding diaryl/α,β-unsaturated/α-hetero) is 1. The van der Waals surface area contributed by atoms with Gasteiger partial charge in [-0.15, -0.1) is 0 Å². The Bertz CT molecular complexity index is 1060. The van der Waals surface area contributed by atoms with Gasteiger partial charge in [-0.2, -0.15) is 0 Å². The molecule has 0 aliphatic heterocycles. The van der Waals surface area contributed by atoms with Gasteiger partial charge in [0.2, 0.25) is 0 Å². The van der Waals surface area contributed by atoms with Gasteiger partial charge < -0.3 is 14.3 Å². The number of benzene rings is 3. The lowest BCUT2D eigenvalue weighted by Crippen LogP contribution is -2.67. The minimum Gasteiger partial charge on any atom is -0.407 e. The fraction of sp³-hybridized carbons (Fsp3) is 0.406. The van der Waals surface area contributed by atoms with Gasteiger partial charge in [-0.25, -0.2) is 0 Å². The smallest absolute Gasteiger partial charge is 0.261 e. The summed E-state index contributed by atoms with van der Waals surface area (Å²) in [6.07, 6.45) is -1.44. The number of carbonyl (C=O) groups is 1. The number of hydrogen-bond donors (Lipinski definition) is 1. The summed E-state index contributed by atoms with van der Waals surface area (Å²) >= 11 is 0. The summed E-state index contributed by atoms with van der Waals surface area (Å²) in [5, 5.41) is 13.4. The molecule has 3 aromatic rings. The largest absolute Gasteiger partial charge is 0.407 e. The second-order valence-corrected chi connectivity index (χ2v) is 15.4. The predicted octanol–water partition coefficient (Wildman–Crippen LogP) is 5.37. The van der Waals surface area contributed by atoms with Gasteiger partial charge in [0.05, 0.1) is 12.7 Å². The Labute approximate surface area is 223 Å². The molecule has 0 spiro atoms. The van der Waals surface area contributed by atoms with Gasteiger partial charge in [-0.1, -0.05) is 126 Å². The van der Waals surface area contributed by atoms with Crippen molar-refractivity contribution in [2.24, 2.45) is 11.8 Å². The van der Waals surface area contributed by atoms with E-state index in [2.05, 4.69) is 69.3 Å². The summed E-state index contributed by atoms with van der Waals surface area (Å²) in [4.78, 5) is 13.1. The number of rotatable bonds is 12. The van der Waals surface area contributed by atoms with Crippen LogP contribution in [0.2, 0.25) is 5.04 Å². The molecule has 1 N–H and O–H groups in total. The van der Waals surface area contributed by atoms with Crippen molar-refractivity contribution in [1.82, 2.24) is 0 Å². The van der Waals surface area contributed by atoms with Crippen molar-refractivity contribution in [3.05, 3.63) is 96.6 Å². The lowest BCUT2D eigenvalue weighted by atomic mass is 9.89. The van der Waals surface area contributed by atoms with Crippen LogP contribution in [-0.2, 0) is 20.6 Å². The molecule has 0 amide bonds. The van der Waals surface area contributed by atoms with E-state index in [9.17, 15) is 9.90 Å². The van der Waals surface area contributed by atoms with Crippen molar-refractivity contribution in [1.29, 1.82) is 0 Å². The number of aliphatic hydroxyl groups is 1. The number of ether oxygens (including phenoxy) is 1. The van der Waals surface area contributed by atoms with Crippen molar-refractivity contribution in [2.45, 2.75) is 65.4 Å². The van der Waals surface area contributed by atoms with Crippen molar-refractivity contribution in [3.8, 4) is 0 Å². The summed E-state index contributed by atoms with van der Waals surface area (Å²) in [5.74, 6) is -0.897. The number of ketones is 1. The van der Waals surface area contributed by atoms with Gasteiger partial charge in [0, 0.05) is 18.4 Å². The first kappa shape index (κ1) is 29.0. The standard InChI is InChI=1S/C32H42O4Si/c1-24(30(33)25(2)31(34)26(3)35-23-27-16-10-7-11-17-27)22-36-37(32(4,5)6,28-18-12-8-13-19-28)29-20-14-9-15-21-29/h7-21,24-26,30,33H,22-23H2,1-6H3/t24-,25-,26-,30+/m0/s1. The first-order valence-electron chi connectivity index (χ1n) is 13.2. The molecule has 0 aliphatic rings. The molecule has 198 valence electrons. The van der Waals surface area contributed by atoms with Crippen LogP contribution in [0.5, 0.6) is 0 Å². The van der Waals surface area contributed by atoms with Crippen LogP contribution in [0.25, 0.3) is 0 Å². The number of carbonyl (C=O) groups excluding carboxylic acids is 1. The highest BCUT2D eigenvalue weighted by Crippen LogP contribution is 2.37. The van der Waals surface area contributed by atoms with E-state index in [1.54, 1.807) is 13.8 Å². The Balaban J connectivity index is 1.75. The van der Waals surface area contributed by atoms with Gasteiger partial charge >= 0.3 is 0 Å². The van der Waals surface area contributed by atoms with Gasteiger partial charge in [-0.3, -0.25) is 4.79 Å². The lowest BCUT2D eigenvalue weighted by Gasteiger charge is -2.44. The fourth-order valence-electron chi connectivity index (χ4n) is 5.03.